The summed E-state index contributed by atoms with van der Waals surface area (Å²) in [6, 6.07) is 10.7. The Bertz CT molecular complexity index is 248. The van der Waals surface area contributed by atoms with E-state index in [1.807, 2.05) is 24.3 Å². The summed E-state index contributed by atoms with van der Waals surface area (Å²) in [5, 5.41) is 1.14. The molecule has 0 saturated carbocycles. The molecular formula is C14H20BrO. The van der Waals surface area contributed by atoms with Crippen LogP contribution in [0.2, 0.25) is 0 Å². The van der Waals surface area contributed by atoms with Crippen molar-refractivity contribution >= 4 is 15.9 Å². The van der Waals surface area contributed by atoms with Gasteiger partial charge in [0.05, 0.1) is 6.61 Å². The Morgan fingerprint density at radius 3 is 2.25 bits per heavy atom. The molecule has 0 fully saturated rings. The SMILES string of the molecule is BrCCCCCCCCOc1cc[c]cc1. The summed E-state index contributed by atoms with van der Waals surface area (Å²) in [5.41, 5.74) is 0. The van der Waals surface area contributed by atoms with Crippen molar-refractivity contribution < 1.29 is 4.74 Å². The summed E-state index contributed by atoms with van der Waals surface area (Å²) in [5.74, 6) is 0.957. The van der Waals surface area contributed by atoms with Gasteiger partial charge in [-0.2, -0.15) is 0 Å². The summed E-state index contributed by atoms with van der Waals surface area (Å²) < 4.78 is 5.61. The van der Waals surface area contributed by atoms with Gasteiger partial charge in [0.1, 0.15) is 5.75 Å². The first kappa shape index (κ1) is 13.6. The second-order valence-electron chi connectivity index (χ2n) is 3.89. The van der Waals surface area contributed by atoms with Crippen LogP contribution in [0.5, 0.6) is 5.75 Å². The van der Waals surface area contributed by atoms with Crippen molar-refractivity contribution in [2.75, 3.05) is 11.9 Å². The van der Waals surface area contributed by atoms with E-state index in [0.29, 0.717) is 0 Å². The number of benzene rings is 1. The van der Waals surface area contributed by atoms with Gasteiger partial charge < -0.3 is 4.74 Å². The van der Waals surface area contributed by atoms with Crippen LogP contribution in [0.25, 0.3) is 0 Å². The van der Waals surface area contributed by atoms with E-state index in [2.05, 4.69) is 22.0 Å². The maximum absolute atomic E-state index is 5.61. The standard InChI is InChI=1S/C14H20BrO/c15-12-8-3-1-2-4-9-13-16-14-10-6-5-7-11-14/h6-7,10-11H,1-4,8-9,12-13H2. The molecule has 2 heteroatoms. The minimum absolute atomic E-state index is 0.836. The zero-order chi connectivity index (χ0) is 11.5. The van der Waals surface area contributed by atoms with Crippen LogP contribution in [0.3, 0.4) is 0 Å². The molecule has 0 saturated heterocycles. The number of ether oxygens (including phenoxy) is 1. The average molecular weight is 284 g/mol. The third-order valence-corrected chi connectivity index (χ3v) is 3.05. The predicted molar refractivity (Wildman–Crippen MR) is 72.3 cm³/mol. The van der Waals surface area contributed by atoms with Crippen LogP contribution >= 0.6 is 15.9 Å². The molecule has 0 N–H and O–H groups in total. The van der Waals surface area contributed by atoms with Gasteiger partial charge >= 0.3 is 0 Å². The van der Waals surface area contributed by atoms with Gasteiger partial charge in [-0.05, 0) is 31.0 Å². The first-order chi connectivity index (χ1) is 7.93. The third-order valence-electron chi connectivity index (χ3n) is 2.48. The van der Waals surface area contributed by atoms with Crippen molar-refractivity contribution in [3.05, 3.63) is 30.3 Å². The number of halogens is 1. The van der Waals surface area contributed by atoms with Crippen LogP contribution in [-0.4, -0.2) is 11.9 Å². The number of unbranched alkanes of at least 4 members (excludes halogenated alkanes) is 5. The molecule has 0 aliphatic rings. The van der Waals surface area contributed by atoms with Gasteiger partial charge in [0, 0.05) is 5.33 Å². The Morgan fingerprint density at radius 1 is 0.938 bits per heavy atom. The molecule has 16 heavy (non-hydrogen) atoms. The van der Waals surface area contributed by atoms with Crippen LogP contribution in [0.4, 0.5) is 0 Å². The van der Waals surface area contributed by atoms with Gasteiger partial charge in [-0.15, -0.1) is 0 Å². The minimum Gasteiger partial charge on any atom is -0.494 e. The predicted octanol–water partition coefficient (Wildman–Crippen LogP) is 4.60. The summed E-state index contributed by atoms with van der Waals surface area (Å²) in [6.07, 6.45) is 7.77. The molecular weight excluding hydrogens is 264 g/mol. The molecule has 0 aliphatic heterocycles. The second kappa shape index (κ2) is 9.71. The topological polar surface area (TPSA) is 9.23 Å². The van der Waals surface area contributed by atoms with Gasteiger partial charge in [-0.1, -0.05) is 53.7 Å². The molecule has 1 rings (SSSR count). The Morgan fingerprint density at radius 2 is 1.56 bits per heavy atom. The van der Waals surface area contributed by atoms with Crippen molar-refractivity contribution in [3.8, 4) is 5.75 Å². The normalized spacial score (nSPS) is 10.3. The summed E-state index contributed by atoms with van der Waals surface area (Å²) in [4.78, 5) is 0. The highest BCUT2D eigenvalue weighted by Crippen LogP contribution is 2.10. The quantitative estimate of drug-likeness (QED) is 0.475. The van der Waals surface area contributed by atoms with E-state index >= 15 is 0 Å². The van der Waals surface area contributed by atoms with Crippen LogP contribution < -0.4 is 4.74 Å². The Balaban J connectivity index is 1.89. The maximum Gasteiger partial charge on any atom is 0.119 e. The van der Waals surface area contributed by atoms with Gasteiger partial charge in [-0.3, -0.25) is 0 Å². The molecule has 0 amide bonds. The lowest BCUT2D eigenvalue weighted by molar-refractivity contribution is 0.304. The monoisotopic (exact) mass is 283 g/mol. The van der Waals surface area contributed by atoms with Crippen molar-refractivity contribution in [1.29, 1.82) is 0 Å². The molecule has 0 unspecified atom stereocenters. The molecule has 0 heterocycles. The third kappa shape index (κ3) is 6.89. The summed E-state index contributed by atoms with van der Waals surface area (Å²) in [7, 11) is 0. The average Bonchev–Trinajstić information content (AvgIpc) is 2.34. The lowest BCUT2D eigenvalue weighted by atomic mass is 10.1. The van der Waals surface area contributed by atoms with E-state index in [-0.39, 0.29) is 0 Å². The number of hydrogen-bond donors (Lipinski definition) is 0. The largest absolute Gasteiger partial charge is 0.494 e. The zero-order valence-corrected chi connectivity index (χ0v) is 11.3. The maximum atomic E-state index is 5.61. The Labute approximate surface area is 107 Å². The number of alkyl halides is 1. The highest BCUT2D eigenvalue weighted by atomic mass is 79.9. The molecule has 1 radical (unpaired) electrons. The molecule has 1 aromatic rings. The van der Waals surface area contributed by atoms with Gasteiger partial charge in [0.2, 0.25) is 0 Å². The highest BCUT2D eigenvalue weighted by molar-refractivity contribution is 9.09. The molecule has 0 atom stereocenters. The molecule has 0 bridgehead atoms. The number of rotatable bonds is 9. The van der Waals surface area contributed by atoms with E-state index in [1.54, 1.807) is 0 Å². The Hall–Kier alpha value is -0.500. The van der Waals surface area contributed by atoms with E-state index in [1.165, 1.54) is 32.1 Å². The fourth-order valence-electron chi connectivity index (χ4n) is 1.56. The van der Waals surface area contributed by atoms with Crippen molar-refractivity contribution in [3.63, 3.8) is 0 Å². The first-order valence-corrected chi connectivity index (χ1v) is 7.20. The smallest absolute Gasteiger partial charge is 0.119 e. The molecule has 1 aromatic carbocycles. The highest BCUT2D eigenvalue weighted by Gasteiger charge is 1.93. The lowest BCUT2D eigenvalue weighted by Crippen LogP contribution is -1.96. The van der Waals surface area contributed by atoms with Crippen LogP contribution in [0, 0.1) is 6.07 Å². The lowest BCUT2D eigenvalue weighted by Gasteiger charge is -2.05. The van der Waals surface area contributed by atoms with Gasteiger partial charge in [-0.25, -0.2) is 0 Å². The van der Waals surface area contributed by atoms with E-state index in [9.17, 15) is 0 Å². The molecule has 0 spiro atoms. The first-order valence-electron chi connectivity index (χ1n) is 6.08. The minimum atomic E-state index is 0.836. The fraction of sp³-hybridized carbons (Fsp3) is 0.571. The summed E-state index contributed by atoms with van der Waals surface area (Å²) in [6.45, 7) is 0.836. The van der Waals surface area contributed by atoms with Gasteiger partial charge in [0.25, 0.3) is 0 Å². The van der Waals surface area contributed by atoms with Gasteiger partial charge in [0.15, 0.2) is 0 Å². The molecule has 1 nitrogen and oxygen atoms in total. The van der Waals surface area contributed by atoms with E-state index in [0.717, 1.165) is 24.1 Å². The van der Waals surface area contributed by atoms with Crippen molar-refractivity contribution in [2.45, 2.75) is 38.5 Å². The Kier molecular flexibility index (Phi) is 8.23. The van der Waals surface area contributed by atoms with E-state index in [4.69, 9.17) is 4.74 Å². The second-order valence-corrected chi connectivity index (χ2v) is 4.69. The number of hydrogen-bond acceptors (Lipinski definition) is 1. The van der Waals surface area contributed by atoms with Crippen LogP contribution in [0.15, 0.2) is 24.3 Å². The van der Waals surface area contributed by atoms with Crippen LogP contribution in [-0.2, 0) is 0 Å². The van der Waals surface area contributed by atoms with Crippen molar-refractivity contribution in [1.82, 2.24) is 0 Å². The van der Waals surface area contributed by atoms with Crippen molar-refractivity contribution in [2.24, 2.45) is 0 Å². The summed E-state index contributed by atoms with van der Waals surface area (Å²) >= 11 is 3.45. The van der Waals surface area contributed by atoms with E-state index < -0.39 is 0 Å². The molecule has 0 aliphatic carbocycles. The fourth-order valence-corrected chi connectivity index (χ4v) is 1.96. The molecule has 0 aromatic heterocycles. The zero-order valence-electron chi connectivity index (χ0n) is 9.75. The van der Waals surface area contributed by atoms with Crippen LogP contribution in [0.1, 0.15) is 38.5 Å². The molecule has 89 valence electrons.